The molecule has 5 N–H and O–H groups in total. The normalized spacial score (nSPS) is 13.5. The van der Waals surface area contributed by atoms with Crippen LogP contribution in [0.4, 0.5) is 5.82 Å². The molecule has 0 bridgehead atoms. The Morgan fingerprint density at radius 2 is 2.24 bits per heavy atom. The Bertz CT molecular complexity index is 521. The summed E-state index contributed by atoms with van der Waals surface area (Å²) in [7, 11) is -3.88. The Morgan fingerprint density at radius 1 is 1.65 bits per heavy atom. The van der Waals surface area contributed by atoms with Crippen molar-refractivity contribution in [3.05, 3.63) is 6.20 Å². The van der Waals surface area contributed by atoms with Gasteiger partial charge in [-0.25, -0.2) is 8.42 Å². The highest BCUT2D eigenvalue weighted by molar-refractivity contribution is 7.89. The Kier molecular flexibility index (Phi) is 3.73. The van der Waals surface area contributed by atoms with Gasteiger partial charge in [-0.15, -0.1) is 0 Å². The number of hydrogen-bond acceptors (Lipinski definition) is 5. The number of nitrogens with one attached hydrogen (secondary N) is 1. The molecule has 1 rings (SSSR count). The molecule has 0 aliphatic rings. The van der Waals surface area contributed by atoms with Crippen LogP contribution < -0.4 is 16.2 Å². The van der Waals surface area contributed by atoms with Crippen LogP contribution in [0.1, 0.15) is 13.8 Å². The quantitative estimate of drug-likeness (QED) is 0.601. The van der Waals surface area contributed by atoms with Crippen LogP contribution in [0.3, 0.4) is 0 Å². The summed E-state index contributed by atoms with van der Waals surface area (Å²) in [6, 6.07) is -1.01. The van der Waals surface area contributed by atoms with E-state index < -0.39 is 22.0 Å². The third kappa shape index (κ3) is 2.94. The van der Waals surface area contributed by atoms with Gasteiger partial charge >= 0.3 is 0 Å². The molecule has 1 aromatic rings. The Hall–Kier alpha value is -1.61. The van der Waals surface area contributed by atoms with Crippen LogP contribution in [0.25, 0.3) is 0 Å². The van der Waals surface area contributed by atoms with E-state index in [4.69, 9.17) is 11.5 Å². The molecule has 0 fully saturated rings. The van der Waals surface area contributed by atoms with Crippen LogP contribution in [0.2, 0.25) is 0 Å². The molecule has 0 saturated heterocycles. The standard InChI is InChI=1S/C8H15N5O3S/c1-3-13-4-6(7(9)11-13)17(15,16)12-5(2)8(10)14/h4-5,12H,3H2,1-2H3,(H2,9,11)(H2,10,14). The van der Waals surface area contributed by atoms with E-state index in [0.29, 0.717) is 6.54 Å². The lowest BCUT2D eigenvalue weighted by atomic mass is 10.4. The fourth-order valence-corrected chi connectivity index (χ4v) is 2.43. The zero-order valence-electron chi connectivity index (χ0n) is 9.54. The van der Waals surface area contributed by atoms with E-state index in [0.717, 1.165) is 0 Å². The number of carbonyl (C=O) groups excluding carboxylic acids is 1. The monoisotopic (exact) mass is 261 g/mol. The van der Waals surface area contributed by atoms with Gasteiger partial charge in [0.15, 0.2) is 5.82 Å². The molecule has 8 nitrogen and oxygen atoms in total. The highest BCUT2D eigenvalue weighted by atomic mass is 32.2. The number of amides is 1. The van der Waals surface area contributed by atoms with Crippen molar-refractivity contribution in [3.8, 4) is 0 Å². The molecule has 1 amide bonds. The lowest BCUT2D eigenvalue weighted by Crippen LogP contribution is -2.42. The molecule has 0 aliphatic carbocycles. The molecule has 1 aromatic heterocycles. The predicted molar refractivity (Wildman–Crippen MR) is 61.3 cm³/mol. The summed E-state index contributed by atoms with van der Waals surface area (Å²) in [6.07, 6.45) is 1.30. The molecular weight excluding hydrogens is 246 g/mol. The number of nitrogens with two attached hydrogens (primary N) is 2. The minimum Gasteiger partial charge on any atom is -0.381 e. The molecule has 17 heavy (non-hydrogen) atoms. The van der Waals surface area contributed by atoms with Crippen molar-refractivity contribution in [1.29, 1.82) is 0 Å². The number of aromatic nitrogens is 2. The maximum absolute atomic E-state index is 11.8. The van der Waals surface area contributed by atoms with Crippen LogP contribution in [0, 0.1) is 0 Å². The summed E-state index contributed by atoms with van der Waals surface area (Å²) in [4.78, 5) is 10.6. The molecule has 0 aromatic carbocycles. The molecule has 1 atom stereocenters. The lowest BCUT2D eigenvalue weighted by molar-refractivity contribution is -0.119. The number of hydrogen-bond donors (Lipinski definition) is 3. The predicted octanol–water partition coefficient (Wildman–Crippen LogP) is -1.36. The second-order valence-corrected chi connectivity index (χ2v) is 5.16. The fraction of sp³-hybridized carbons (Fsp3) is 0.500. The van der Waals surface area contributed by atoms with Gasteiger partial charge in [0.05, 0.1) is 6.04 Å². The first-order valence-corrected chi connectivity index (χ1v) is 6.40. The molecule has 0 saturated carbocycles. The summed E-state index contributed by atoms with van der Waals surface area (Å²) in [5, 5.41) is 3.81. The molecule has 9 heteroatoms. The molecule has 0 aliphatic heterocycles. The van der Waals surface area contributed by atoms with Crippen molar-refractivity contribution >= 4 is 21.7 Å². The SMILES string of the molecule is CCn1cc(S(=O)(=O)NC(C)C(N)=O)c(N)n1. The van der Waals surface area contributed by atoms with Crippen LogP contribution in [-0.4, -0.2) is 30.1 Å². The van der Waals surface area contributed by atoms with Gasteiger partial charge < -0.3 is 11.5 Å². The summed E-state index contributed by atoms with van der Waals surface area (Å²) in [5.74, 6) is -0.883. The van der Waals surface area contributed by atoms with Gasteiger partial charge in [-0.1, -0.05) is 0 Å². The minimum atomic E-state index is -3.88. The highest BCUT2D eigenvalue weighted by Gasteiger charge is 2.24. The van der Waals surface area contributed by atoms with Crippen molar-refractivity contribution in [2.24, 2.45) is 5.73 Å². The van der Waals surface area contributed by atoms with Gasteiger partial charge in [-0.3, -0.25) is 9.48 Å². The average Bonchev–Trinajstić information content (AvgIpc) is 2.59. The van der Waals surface area contributed by atoms with E-state index in [9.17, 15) is 13.2 Å². The molecule has 96 valence electrons. The largest absolute Gasteiger partial charge is 0.381 e. The summed E-state index contributed by atoms with van der Waals surface area (Å²) < 4.78 is 27.2. The van der Waals surface area contributed by atoms with Gasteiger partial charge in [0.25, 0.3) is 0 Å². The maximum atomic E-state index is 11.8. The maximum Gasteiger partial charge on any atom is 0.246 e. The van der Waals surface area contributed by atoms with E-state index in [2.05, 4.69) is 9.82 Å². The zero-order chi connectivity index (χ0) is 13.2. The zero-order valence-corrected chi connectivity index (χ0v) is 10.4. The highest BCUT2D eigenvalue weighted by Crippen LogP contribution is 2.16. The second kappa shape index (κ2) is 4.72. The van der Waals surface area contributed by atoms with Crippen molar-refractivity contribution in [1.82, 2.24) is 14.5 Å². The third-order valence-electron chi connectivity index (χ3n) is 2.13. The minimum absolute atomic E-state index is 0.115. The lowest BCUT2D eigenvalue weighted by Gasteiger charge is -2.09. The molecular formula is C8H15N5O3S. The molecule has 0 spiro atoms. The molecule has 1 unspecified atom stereocenters. The van der Waals surface area contributed by atoms with Crippen molar-refractivity contribution in [3.63, 3.8) is 0 Å². The molecule has 0 radical (unpaired) electrons. The Balaban J connectivity index is 3.05. The number of rotatable bonds is 5. The van der Waals surface area contributed by atoms with Crippen molar-refractivity contribution in [2.75, 3.05) is 5.73 Å². The van der Waals surface area contributed by atoms with Crippen LogP contribution in [0.15, 0.2) is 11.1 Å². The summed E-state index contributed by atoms with van der Waals surface area (Å²) >= 11 is 0. The molecule has 1 heterocycles. The van der Waals surface area contributed by atoms with Gasteiger partial charge in [-0.2, -0.15) is 9.82 Å². The van der Waals surface area contributed by atoms with Gasteiger partial charge in [0.2, 0.25) is 15.9 Å². The number of primary amides is 1. The van der Waals surface area contributed by atoms with E-state index in [1.807, 2.05) is 0 Å². The van der Waals surface area contributed by atoms with Gasteiger partial charge in [0, 0.05) is 12.7 Å². The first-order valence-electron chi connectivity index (χ1n) is 4.92. The number of anilines is 1. The van der Waals surface area contributed by atoms with E-state index in [1.54, 1.807) is 6.92 Å². The number of aryl methyl sites for hydroxylation is 1. The third-order valence-corrected chi connectivity index (χ3v) is 3.68. The van der Waals surface area contributed by atoms with Crippen LogP contribution in [0.5, 0.6) is 0 Å². The van der Waals surface area contributed by atoms with Gasteiger partial charge in [0.1, 0.15) is 4.90 Å². The number of nitrogens with zero attached hydrogens (tertiary/aromatic N) is 2. The topological polar surface area (TPSA) is 133 Å². The Labute approximate surface area is 99.0 Å². The van der Waals surface area contributed by atoms with Crippen LogP contribution in [-0.2, 0) is 21.4 Å². The fourth-order valence-electron chi connectivity index (χ4n) is 1.14. The number of nitrogen functional groups attached to an aromatic ring is 1. The van der Waals surface area contributed by atoms with E-state index in [1.165, 1.54) is 17.8 Å². The smallest absolute Gasteiger partial charge is 0.246 e. The first kappa shape index (κ1) is 13.5. The number of carbonyl (C=O) groups is 1. The van der Waals surface area contributed by atoms with E-state index in [-0.39, 0.29) is 10.7 Å². The van der Waals surface area contributed by atoms with Crippen molar-refractivity contribution in [2.45, 2.75) is 31.3 Å². The van der Waals surface area contributed by atoms with E-state index >= 15 is 0 Å². The summed E-state index contributed by atoms with van der Waals surface area (Å²) in [6.45, 7) is 3.63. The second-order valence-electron chi connectivity index (χ2n) is 3.48. The van der Waals surface area contributed by atoms with Crippen molar-refractivity contribution < 1.29 is 13.2 Å². The average molecular weight is 261 g/mol. The Morgan fingerprint density at radius 3 is 2.65 bits per heavy atom. The van der Waals surface area contributed by atoms with Gasteiger partial charge in [-0.05, 0) is 13.8 Å². The summed E-state index contributed by atoms with van der Waals surface area (Å²) in [5.41, 5.74) is 10.5. The number of sulfonamides is 1. The first-order chi connectivity index (χ1) is 7.77. The van der Waals surface area contributed by atoms with Crippen LogP contribution >= 0.6 is 0 Å².